The summed E-state index contributed by atoms with van der Waals surface area (Å²) < 4.78 is 5.32. The van der Waals surface area contributed by atoms with Crippen molar-refractivity contribution in [3.05, 3.63) is 17.5 Å². The van der Waals surface area contributed by atoms with Crippen molar-refractivity contribution in [3.8, 4) is 0 Å². The van der Waals surface area contributed by atoms with Crippen LogP contribution in [0.15, 0.2) is 15.6 Å². The van der Waals surface area contributed by atoms with Crippen molar-refractivity contribution in [1.29, 1.82) is 0 Å². The monoisotopic (exact) mass is 492 g/mol. The molecule has 0 radical (unpaired) electrons. The number of hydrogen-bond acceptors (Lipinski definition) is 5. The van der Waals surface area contributed by atoms with E-state index in [2.05, 4.69) is 39.5 Å². The molecule has 1 fully saturated rings. The van der Waals surface area contributed by atoms with E-state index in [-0.39, 0.29) is 35.8 Å². The number of nitrogens with one attached hydrogen (secondary N) is 2. The quantitative estimate of drug-likeness (QED) is 0.221. The van der Waals surface area contributed by atoms with E-state index in [1.807, 2.05) is 6.07 Å². The molecule has 27 heavy (non-hydrogen) atoms. The summed E-state index contributed by atoms with van der Waals surface area (Å²) in [5.74, 6) is 1.71. The van der Waals surface area contributed by atoms with E-state index in [9.17, 15) is 4.79 Å². The number of piperidine rings is 1. The van der Waals surface area contributed by atoms with Crippen LogP contribution in [-0.4, -0.2) is 55.2 Å². The predicted molar refractivity (Wildman–Crippen MR) is 117 cm³/mol. The second-order valence-electron chi connectivity index (χ2n) is 7.12. The molecule has 0 saturated carbocycles. The molecule has 4 N–H and O–H groups in total. The minimum absolute atomic E-state index is 0. The van der Waals surface area contributed by atoms with Crippen LogP contribution in [0, 0.1) is 5.92 Å². The summed E-state index contributed by atoms with van der Waals surface area (Å²) in [4.78, 5) is 17.9. The van der Waals surface area contributed by atoms with Gasteiger partial charge in [0.2, 0.25) is 5.91 Å². The van der Waals surface area contributed by atoms with E-state index in [0.29, 0.717) is 12.5 Å². The summed E-state index contributed by atoms with van der Waals surface area (Å²) in [6, 6.07) is 1.97. The number of guanidine groups is 1. The lowest BCUT2D eigenvalue weighted by Gasteiger charge is -2.31. The van der Waals surface area contributed by atoms with E-state index in [1.54, 1.807) is 7.05 Å². The number of carbonyl (C=O) groups excluding carboxylic acids is 1. The van der Waals surface area contributed by atoms with Gasteiger partial charge in [-0.25, -0.2) is 0 Å². The van der Waals surface area contributed by atoms with Gasteiger partial charge in [-0.1, -0.05) is 19.0 Å². The Kier molecular flexibility index (Phi) is 10.7. The Labute approximate surface area is 178 Å². The molecule has 1 aromatic heterocycles. The minimum atomic E-state index is -0.175. The van der Waals surface area contributed by atoms with Gasteiger partial charge in [-0.15, -0.1) is 24.0 Å². The lowest BCUT2D eigenvalue weighted by molar-refractivity contribution is -0.123. The Hall–Kier alpha value is -1.36. The number of amides is 1. The Bertz CT molecular complexity index is 604. The molecule has 9 heteroatoms. The van der Waals surface area contributed by atoms with Crippen LogP contribution in [0.3, 0.4) is 0 Å². The van der Waals surface area contributed by atoms with Crippen LogP contribution in [0.4, 0.5) is 0 Å². The number of aliphatic imine (C=N–C) groups is 1. The van der Waals surface area contributed by atoms with Crippen molar-refractivity contribution >= 4 is 35.8 Å². The highest BCUT2D eigenvalue weighted by molar-refractivity contribution is 14.0. The Morgan fingerprint density at radius 3 is 2.89 bits per heavy atom. The first-order chi connectivity index (χ1) is 12.5. The fourth-order valence-corrected chi connectivity index (χ4v) is 3.08. The van der Waals surface area contributed by atoms with Crippen molar-refractivity contribution in [2.45, 2.75) is 45.6 Å². The van der Waals surface area contributed by atoms with Crippen LogP contribution in [0.1, 0.15) is 50.5 Å². The van der Waals surface area contributed by atoms with E-state index in [1.165, 1.54) is 0 Å². The zero-order valence-electron chi connectivity index (χ0n) is 16.5. The molecule has 0 bridgehead atoms. The van der Waals surface area contributed by atoms with Crippen LogP contribution in [0.5, 0.6) is 0 Å². The maximum Gasteiger partial charge on any atom is 0.221 e. The van der Waals surface area contributed by atoms with Gasteiger partial charge in [-0.05, 0) is 38.3 Å². The Balaban J connectivity index is 0.00000364. The molecule has 1 amide bonds. The normalized spacial score (nSPS) is 18.2. The molecule has 1 aromatic rings. The fourth-order valence-electron chi connectivity index (χ4n) is 3.08. The molecule has 0 aromatic carbocycles. The number of aromatic nitrogens is 1. The standard InChI is InChI=1S/C18H32N6O2.HI/c1-13(2)16-10-15(26-23-16)11-22-18(20-3)21-7-5-9-24-8-4-6-14(12-24)17(19)25;/h10,13-14H,4-9,11-12H2,1-3H3,(H2,19,25)(H2,20,21,22);1H. The summed E-state index contributed by atoms with van der Waals surface area (Å²) in [5.41, 5.74) is 6.39. The maximum atomic E-state index is 11.3. The first-order valence-corrected chi connectivity index (χ1v) is 9.41. The third-order valence-corrected chi connectivity index (χ3v) is 4.67. The van der Waals surface area contributed by atoms with Gasteiger partial charge in [0.25, 0.3) is 0 Å². The number of rotatable bonds is 8. The molecule has 0 spiro atoms. The lowest BCUT2D eigenvalue weighted by atomic mass is 9.97. The Morgan fingerprint density at radius 1 is 1.48 bits per heavy atom. The third kappa shape index (κ3) is 8.04. The summed E-state index contributed by atoms with van der Waals surface area (Å²) >= 11 is 0. The van der Waals surface area contributed by atoms with Crippen LogP contribution in [0.2, 0.25) is 0 Å². The molecule has 0 aliphatic carbocycles. The highest BCUT2D eigenvalue weighted by atomic mass is 127. The largest absolute Gasteiger partial charge is 0.369 e. The van der Waals surface area contributed by atoms with E-state index in [4.69, 9.17) is 10.3 Å². The number of likely N-dealkylation sites (tertiary alicyclic amines) is 1. The van der Waals surface area contributed by atoms with Crippen LogP contribution in [0.25, 0.3) is 0 Å². The fraction of sp³-hybridized carbons (Fsp3) is 0.722. The summed E-state index contributed by atoms with van der Waals surface area (Å²) in [6.07, 6.45) is 2.94. The van der Waals surface area contributed by atoms with Gasteiger partial charge in [0.1, 0.15) is 0 Å². The zero-order valence-corrected chi connectivity index (χ0v) is 18.9. The molecule has 1 aliphatic heterocycles. The first-order valence-electron chi connectivity index (χ1n) is 9.41. The second-order valence-corrected chi connectivity index (χ2v) is 7.12. The van der Waals surface area contributed by atoms with Gasteiger partial charge in [0.05, 0.1) is 18.2 Å². The van der Waals surface area contributed by atoms with Crippen molar-refractivity contribution in [3.63, 3.8) is 0 Å². The van der Waals surface area contributed by atoms with Crippen molar-refractivity contribution in [1.82, 2.24) is 20.7 Å². The topological polar surface area (TPSA) is 109 Å². The van der Waals surface area contributed by atoms with Gasteiger partial charge in [-0.2, -0.15) is 0 Å². The van der Waals surface area contributed by atoms with Crippen molar-refractivity contribution in [2.24, 2.45) is 16.6 Å². The smallest absolute Gasteiger partial charge is 0.221 e. The highest BCUT2D eigenvalue weighted by Crippen LogP contribution is 2.16. The van der Waals surface area contributed by atoms with Crippen molar-refractivity contribution in [2.75, 3.05) is 33.2 Å². The molecule has 2 heterocycles. The summed E-state index contributed by atoms with van der Waals surface area (Å²) in [6.45, 7) is 8.31. The number of nitrogens with zero attached hydrogens (tertiary/aromatic N) is 3. The number of nitrogens with two attached hydrogens (primary N) is 1. The maximum absolute atomic E-state index is 11.3. The summed E-state index contributed by atoms with van der Waals surface area (Å²) in [7, 11) is 1.75. The molecule has 2 rings (SSSR count). The molecule has 1 saturated heterocycles. The second kappa shape index (κ2) is 12.2. The van der Waals surface area contributed by atoms with Gasteiger partial charge in [0.15, 0.2) is 11.7 Å². The lowest BCUT2D eigenvalue weighted by Crippen LogP contribution is -2.42. The number of primary amides is 1. The van der Waals surface area contributed by atoms with Crippen molar-refractivity contribution < 1.29 is 9.32 Å². The van der Waals surface area contributed by atoms with Crippen LogP contribution < -0.4 is 16.4 Å². The molecule has 1 unspecified atom stereocenters. The number of carbonyl (C=O) groups is 1. The van der Waals surface area contributed by atoms with Crippen LogP contribution in [-0.2, 0) is 11.3 Å². The molecule has 1 atom stereocenters. The zero-order chi connectivity index (χ0) is 18.9. The highest BCUT2D eigenvalue weighted by Gasteiger charge is 2.23. The van der Waals surface area contributed by atoms with Gasteiger partial charge >= 0.3 is 0 Å². The predicted octanol–water partition coefficient (Wildman–Crippen LogP) is 1.67. The molecular weight excluding hydrogens is 459 g/mol. The van der Waals surface area contributed by atoms with E-state index < -0.39 is 0 Å². The molecule has 8 nitrogen and oxygen atoms in total. The van der Waals surface area contributed by atoms with Gasteiger partial charge < -0.3 is 25.8 Å². The Morgan fingerprint density at radius 2 is 2.26 bits per heavy atom. The third-order valence-electron chi connectivity index (χ3n) is 4.67. The minimum Gasteiger partial charge on any atom is -0.369 e. The summed E-state index contributed by atoms with van der Waals surface area (Å²) in [5, 5.41) is 10.6. The van der Waals surface area contributed by atoms with Gasteiger partial charge in [-0.3, -0.25) is 9.79 Å². The van der Waals surface area contributed by atoms with Gasteiger partial charge in [0, 0.05) is 26.2 Å². The molecule has 154 valence electrons. The number of halogens is 1. The van der Waals surface area contributed by atoms with E-state index in [0.717, 1.165) is 62.9 Å². The average Bonchev–Trinajstić information content (AvgIpc) is 3.10. The van der Waals surface area contributed by atoms with Crippen LogP contribution >= 0.6 is 24.0 Å². The molecular formula is C18H33IN6O2. The first kappa shape index (κ1) is 23.7. The molecule has 1 aliphatic rings. The SMILES string of the molecule is CN=C(NCCCN1CCCC(C(N)=O)C1)NCc1cc(C(C)C)no1.I. The number of hydrogen-bond donors (Lipinski definition) is 3. The van der Waals surface area contributed by atoms with E-state index >= 15 is 0 Å². The average molecular weight is 492 g/mol.